The molecule has 39 heavy (non-hydrogen) atoms. The summed E-state index contributed by atoms with van der Waals surface area (Å²) in [5, 5.41) is 1.08. The van der Waals surface area contributed by atoms with E-state index in [2.05, 4.69) is 34.6 Å². The van der Waals surface area contributed by atoms with Crippen molar-refractivity contribution in [3.63, 3.8) is 0 Å². The zero-order chi connectivity index (χ0) is 28.1. The molecule has 1 saturated heterocycles. The largest absolute Gasteiger partial charge is 0.360 e. The van der Waals surface area contributed by atoms with E-state index in [4.69, 9.17) is 11.6 Å². The predicted octanol–water partition coefficient (Wildman–Crippen LogP) is 9.36. The van der Waals surface area contributed by atoms with Crippen molar-refractivity contribution in [2.24, 2.45) is 4.99 Å². The number of aromatic nitrogens is 1. The molecule has 0 N–H and O–H groups in total. The van der Waals surface area contributed by atoms with Crippen molar-refractivity contribution in [3.05, 3.63) is 114 Å². The van der Waals surface area contributed by atoms with Gasteiger partial charge in [-0.05, 0) is 61.8 Å². The van der Waals surface area contributed by atoms with Crippen molar-refractivity contribution in [1.82, 2.24) is 9.88 Å². The molecule has 1 aliphatic rings. The molecule has 4 rings (SSSR count). The van der Waals surface area contributed by atoms with Crippen LogP contribution in [0.5, 0.6) is 0 Å². The number of hydrogen-bond acceptors (Lipinski definition) is 2. The number of aliphatic imine (C=N–C) groups is 1. The quantitative estimate of drug-likeness (QED) is 0.128. The summed E-state index contributed by atoms with van der Waals surface area (Å²) in [7, 11) is 0. The number of likely N-dealkylation sites (tertiary alicyclic amines) is 1. The molecule has 2 heterocycles. The highest BCUT2D eigenvalue weighted by Crippen LogP contribution is 2.37. The van der Waals surface area contributed by atoms with Crippen LogP contribution in [0.2, 0.25) is 5.02 Å². The Hall–Kier alpha value is -3.57. The molecule has 2 aromatic carbocycles. The lowest BCUT2D eigenvalue weighted by Gasteiger charge is -2.21. The predicted molar refractivity (Wildman–Crippen MR) is 161 cm³/mol. The summed E-state index contributed by atoms with van der Waals surface area (Å²) in [5.41, 5.74) is 4.63. The average molecular weight is 546 g/mol. The number of nitrogens with zero attached hydrogens (tertiary/aromatic N) is 3. The van der Waals surface area contributed by atoms with Crippen LogP contribution in [0.4, 0.5) is 8.78 Å². The molecule has 0 aliphatic carbocycles. The summed E-state index contributed by atoms with van der Waals surface area (Å²) in [6, 6.07) is 9.84. The van der Waals surface area contributed by atoms with Gasteiger partial charge in [-0.25, -0.2) is 13.8 Å². The molecule has 0 saturated carbocycles. The molecule has 0 bridgehead atoms. The third-order valence-corrected chi connectivity index (χ3v) is 7.61. The second kappa shape index (κ2) is 12.5. The van der Waals surface area contributed by atoms with Crippen LogP contribution in [0, 0.1) is 11.6 Å². The molecule has 6 heteroatoms. The normalized spacial score (nSPS) is 15.8. The minimum absolute atomic E-state index is 0.130. The lowest BCUT2D eigenvalue weighted by Crippen LogP contribution is -2.29. The maximum absolute atomic E-state index is 15.3. The van der Waals surface area contributed by atoms with Crippen LogP contribution in [-0.2, 0) is 0 Å². The fraction of sp³-hybridized carbons (Fsp3) is 0.273. The van der Waals surface area contributed by atoms with Crippen molar-refractivity contribution < 1.29 is 8.78 Å². The van der Waals surface area contributed by atoms with Crippen molar-refractivity contribution >= 4 is 39.5 Å². The highest BCUT2D eigenvalue weighted by Gasteiger charge is 2.19. The van der Waals surface area contributed by atoms with Gasteiger partial charge in [0.05, 0.1) is 10.5 Å². The zero-order valence-corrected chi connectivity index (χ0v) is 23.4. The number of allylic oxidation sites excluding steroid dienone is 3. The summed E-state index contributed by atoms with van der Waals surface area (Å²) in [6.45, 7) is 18.0. The topological polar surface area (TPSA) is 28.5 Å². The van der Waals surface area contributed by atoms with Crippen molar-refractivity contribution in [2.75, 3.05) is 13.1 Å². The summed E-state index contributed by atoms with van der Waals surface area (Å²) >= 11 is 6.62. The maximum Gasteiger partial charge on any atom is 0.133 e. The van der Waals surface area contributed by atoms with Crippen LogP contribution in [0.15, 0.2) is 85.2 Å². The third kappa shape index (κ3) is 6.54. The van der Waals surface area contributed by atoms with Crippen LogP contribution < -0.4 is 0 Å². The first-order valence-corrected chi connectivity index (χ1v) is 13.6. The molecular formula is C33H34ClF2N3. The van der Waals surface area contributed by atoms with Gasteiger partial charge in [0, 0.05) is 53.6 Å². The van der Waals surface area contributed by atoms with Gasteiger partial charge in [0.2, 0.25) is 0 Å². The van der Waals surface area contributed by atoms with E-state index >= 15 is 4.39 Å². The number of rotatable bonds is 7. The van der Waals surface area contributed by atoms with Gasteiger partial charge in [0.1, 0.15) is 17.5 Å². The lowest BCUT2D eigenvalue weighted by atomic mass is 9.89. The van der Waals surface area contributed by atoms with E-state index in [1.54, 1.807) is 30.5 Å². The van der Waals surface area contributed by atoms with E-state index in [1.807, 2.05) is 19.9 Å². The van der Waals surface area contributed by atoms with Gasteiger partial charge < -0.3 is 4.90 Å². The van der Waals surface area contributed by atoms with Crippen molar-refractivity contribution in [3.8, 4) is 0 Å². The van der Waals surface area contributed by atoms with Gasteiger partial charge in [-0.1, -0.05) is 68.1 Å². The van der Waals surface area contributed by atoms with E-state index in [-0.39, 0.29) is 11.7 Å². The summed E-state index contributed by atoms with van der Waals surface area (Å²) in [4.78, 5) is 11.2. The maximum atomic E-state index is 15.3. The number of pyridine rings is 1. The van der Waals surface area contributed by atoms with E-state index < -0.39 is 5.82 Å². The molecule has 1 unspecified atom stereocenters. The van der Waals surface area contributed by atoms with E-state index in [9.17, 15) is 4.39 Å². The Bertz CT molecular complexity index is 1490. The third-order valence-electron chi connectivity index (χ3n) is 7.33. The molecule has 1 aromatic heterocycles. The molecular weight excluding hydrogens is 512 g/mol. The molecule has 0 radical (unpaired) electrons. The number of halogens is 3. The molecule has 1 aliphatic heterocycles. The first kappa shape index (κ1) is 28.4. The lowest BCUT2D eigenvalue weighted by molar-refractivity contribution is 0.435. The average Bonchev–Trinajstić information content (AvgIpc) is 3.13. The van der Waals surface area contributed by atoms with Crippen molar-refractivity contribution in [1.29, 1.82) is 0 Å². The Morgan fingerprint density at radius 2 is 1.95 bits per heavy atom. The Kier molecular flexibility index (Phi) is 9.13. The van der Waals surface area contributed by atoms with Crippen LogP contribution >= 0.6 is 11.6 Å². The fourth-order valence-electron chi connectivity index (χ4n) is 5.08. The van der Waals surface area contributed by atoms with Gasteiger partial charge in [-0.2, -0.15) is 0 Å². The highest BCUT2D eigenvalue weighted by atomic mass is 35.5. The second-order valence-electron chi connectivity index (χ2n) is 10.1. The highest BCUT2D eigenvalue weighted by molar-refractivity contribution is 6.33. The molecule has 202 valence electrons. The monoisotopic (exact) mass is 545 g/mol. The first-order chi connectivity index (χ1) is 18.7. The van der Waals surface area contributed by atoms with Gasteiger partial charge in [-0.15, -0.1) is 0 Å². The van der Waals surface area contributed by atoms with Crippen molar-refractivity contribution in [2.45, 2.75) is 45.4 Å². The number of hydrogen-bond donors (Lipinski definition) is 0. The molecule has 3 aromatic rings. The fourth-order valence-corrected chi connectivity index (χ4v) is 5.36. The number of benzene rings is 2. The minimum atomic E-state index is -0.432. The van der Waals surface area contributed by atoms with Gasteiger partial charge in [0.15, 0.2) is 0 Å². The second-order valence-corrected chi connectivity index (χ2v) is 10.5. The van der Waals surface area contributed by atoms with E-state index in [1.165, 1.54) is 23.9 Å². The zero-order valence-electron chi connectivity index (χ0n) is 22.6. The van der Waals surface area contributed by atoms with Crippen LogP contribution in [0.25, 0.3) is 22.0 Å². The van der Waals surface area contributed by atoms with Gasteiger partial charge >= 0.3 is 0 Å². The minimum Gasteiger partial charge on any atom is -0.360 e. The standard InChI is InChI=1S/C33H34ClF2N3/c1-6-25(19-37-24(5)39-14-9-10-21(2)13-15-39)27-17-28-32(18-31(27)36)38-20-29(34)33(28)23(4)16-22(3)26-11-7-8-12-30(26)35/h6-8,11-12,17-20,22H,1-2,4,9-10,13-16H2,3,5H3/b25-19+,37-24?. The Morgan fingerprint density at radius 3 is 2.69 bits per heavy atom. The SMILES string of the molecule is C=C/C(=C\N=C(C)N1CCCC(=C)CC1)c1cc2c(C(=C)CC(C)c3ccccc3F)c(Cl)cnc2cc1F. The number of fused-ring (bicyclic) bond motifs is 1. The Morgan fingerprint density at radius 1 is 1.18 bits per heavy atom. The smallest absolute Gasteiger partial charge is 0.133 e. The summed E-state index contributed by atoms with van der Waals surface area (Å²) in [6.07, 6.45) is 8.24. The molecule has 3 nitrogen and oxygen atoms in total. The first-order valence-electron chi connectivity index (χ1n) is 13.2. The summed E-state index contributed by atoms with van der Waals surface area (Å²) < 4.78 is 29.7. The van der Waals surface area contributed by atoms with Crippen LogP contribution in [0.3, 0.4) is 0 Å². The van der Waals surface area contributed by atoms with Gasteiger partial charge in [0.25, 0.3) is 0 Å². The van der Waals surface area contributed by atoms with Crippen LogP contribution in [0.1, 0.15) is 62.1 Å². The van der Waals surface area contributed by atoms with Crippen LogP contribution in [-0.4, -0.2) is 28.8 Å². The molecule has 1 atom stereocenters. The van der Waals surface area contributed by atoms with E-state index in [0.717, 1.165) is 43.8 Å². The Balaban J connectivity index is 1.69. The van der Waals surface area contributed by atoms with E-state index in [0.29, 0.717) is 44.6 Å². The molecule has 0 spiro atoms. The molecule has 0 amide bonds. The number of amidine groups is 1. The molecule has 1 fully saturated rings. The van der Waals surface area contributed by atoms with Gasteiger partial charge in [-0.3, -0.25) is 4.98 Å². The summed E-state index contributed by atoms with van der Waals surface area (Å²) in [5.74, 6) is 0.0504. The Labute approximate surface area is 234 Å².